The van der Waals surface area contributed by atoms with E-state index in [0.717, 1.165) is 31.6 Å². The molecule has 6 nitrogen and oxygen atoms in total. The maximum atomic E-state index is 12.5. The third-order valence-electron chi connectivity index (χ3n) is 4.21. The predicted octanol–water partition coefficient (Wildman–Crippen LogP) is 2.22. The smallest absolute Gasteiger partial charge is 0.253 e. The molecule has 1 aromatic rings. The van der Waals surface area contributed by atoms with Crippen molar-refractivity contribution in [1.82, 2.24) is 9.80 Å². The fourth-order valence-corrected chi connectivity index (χ4v) is 2.87. The highest BCUT2D eigenvalue weighted by Crippen LogP contribution is 2.12. The Morgan fingerprint density at radius 2 is 1.68 bits per heavy atom. The van der Waals surface area contributed by atoms with E-state index in [0.29, 0.717) is 31.9 Å². The van der Waals surface area contributed by atoms with Crippen LogP contribution in [0.1, 0.15) is 37.0 Å². The highest BCUT2D eigenvalue weighted by atomic mass is 16.5. The molecule has 0 bridgehead atoms. The van der Waals surface area contributed by atoms with Crippen LogP contribution in [0, 0.1) is 0 Å². The Kier molecular flexibility index (Phi) is 7.73. The number of nitrogens with zero attached hydrogens (tertiary/aromatic N) is 2. The Hall–Kier alpha value is -2.08. The van der Waals surface area contributed by atoms with Gasteiger partial charge in [0.05, 0.1) is 19.8 Å². The molecular weight excluding hydrogens is 318 g/mol. The zero-order chi connectivity index (χ0) is 18.1. The van der Waals surface area contributed by atoms with Crippen LogP contribution >= 0.6 is 0 Å². The molecule has 0 radical (unpaired) electrons. The van der Waals surface area contributed by atoms with Gasteiger partial charge in [0.25, 0.3) is 5.91 Å². The second-order valence-corrected chi connectivity index (χ2v) is 6.22. The van der Waals surface area contributed by atoms with E-state index in [1.54, 1.807) is 0 Å². The maximum Gasteiger partial charge on any atom is 0.253 e. The molecule has 1 aliphatic heterocycles. The molecule has 0 unspecified atom stereocenters. The monoisotopic (exact) mass is 347 g/mol. The van der Waals surface area contributed by atoms with Crippen molar-refractivity contribution in [3.8, 4) is 0 Å². The first-order valence-corrected chi connectivity index (χ1v) is 9.14. The van der Waals surface area contributed by atoms with Crippen LogP contribution in [-0.2, 0) is 9.53 Å². The van der Waals surface area contributed by atoms with Crippen LogP contribution in [0.4, 0.5) is 5.69 Å². The molecule has 1 N–H and O–H groups in total. The molecule has 2 amide bonds. The summed E-state index contributed by atoms with van der Waals surface area (Å²) in [6.07, 6.45) is 1.91. The second kappa shape index (κ2) is 10.0. The molecule has 1 aromatic carbocycles. The summed E-state index contributed by atoms with van der Waals surface area (Å²) >= 11 is 0. The number of ether oxygens (including phenoxy) is 1. The Bertz CT molecular complexity index is 548. The standard InChI is InChI=1S/C19H29N3O3/c1-3-9-22(10-4-2)19(24)16-5-7-17(8-6-16)20-15-18(23)21-11-13-25-14-12-21/h5-8,20H,3-4,9-15H2,1-2H3. The van der Waals surface area contributed by atoms with Gasteiger partial charge in [-0.25, -0.2) is 0 Å². The van der Waals surface area contributed by atoms with E-state index in [-0.39, 0.29) is 18.4 Å². The van der Waals surface area contributed by atoms with Gasteiger partial charge in [0.1, 0.15) is 0 Å². The minimum absolute atomic E-state index is 0.0691. The number of morpholine rings is 1. The molecule has 1 saturated heterocycles. The highest BCUT2D eigenvalue weighted by Gasteiger charge is 2.17. The van der Waals surface area contributed by atoms with Crippen molar-refractivity contribution in [3.63, 3.8) is 0 Å². The predicted molar refractivity (Wildman–Crippen MR) is 98.8 cm³/mol. The van der Waals surface area contributed by atoms with Crippen molar-refractivity contribution in [3.05, 3.63) is 29.8 Å². The van der Waals surface area contributed by atoms with Crippen LogP contribution in [0.5, 0.6) is 0 Å². The van der Waals surface area contributed by atoms with E-state index >= 15 is 0 Å². The number of rotatable bonds is 8. The van der Waals surface area contributed by atoms with Gasteiger partial charge in [-0.15, -0.1) is 0 Å². The molecule has 25 heavy (non-hydrogen) atoms. The molecule has 138 valence electrons. The van der Waals surface area contributed by atoms with Gasteiger partial charge in [0.15, 0.2) is 0 Å². The average molecular weight is 347 g/mol. The lowest BCUT2D eigenvalue weighted by atomic mass is 10.1. The van der Waals surface area contributed by atoms with Crippen molar-refractivity contribution < 1.29 is 14.3 Å². The van der Waals surface area contributed by atoms with Gasteiger partial charge in [-0.3, -0.25) is 9.59 Å². The summed E-state index contributed by atoms with van der Waals surface area (Å²) in [5.41, 5.74) is 1.53. The molecule has 0 aromatic heterocycles. The number of anilines is 1. The van der Waals surface area contributed by atoms with Gasteiger partial charge in [-0.2, -0.15) is 0 Å². The fraction of sp³-hybridized carbons (Fsp3) is 0.579. The first-order valence-electron chi connectivity index (χ1n) is 9.14. The van der Waals surface area contributed by atoms with Crippen LogP contribution in [0.25, 0.3) is 0 Å². The summed E-state index contributed by atoms with van der Waals surface area (Å²) in [6.45, 7) is 8.48. The number of hydrogen-bond acceptors (Lipinski definition) is 4. The van der Waals surface area contributed by atoms with Crippen LogP contribution in [-0.4, -0.2) is 67.6 Å². The Balaban J connectivity index is 1.88. The third kappa shape index (κ3) is 5.74. The normalized spacial score (nSPS) is 14.2. The zero-order valence-corrected chi connectivity index (χ0v) is 15.3. The summed E-state index contributed by atoms with van der Waals surface area (Å²) in [6, 6.07) is 7.36. The molecule has 0 atom stereocenters. The highest BCUT2D eigenvalue weighted by molar-refractivity contribution is 5.94. The Labute approximate surface area is 150 Å². The number of carbonyl (C=O) groups excluding carboxylic acids is 2. The molecule has 0 aliphatic carbocycles. The van der Waals surface area contributed by atoms with Crippen molar-refractivity contribution in [2.24, 2.45) is 0 Å². The van der Waals surface area contributed by atoms with E-state index in [2.05, 4.69) is 19.2 Å². The number of carbonyl (C=O) groups is 2. The minimum Gasteiger partial charge on any atom is -0.378 e. The maximum absolute atomic E-state index is 12.5. The largest absolute Gasteiger partial charge is 0.378 e. The first kappa shape index (κ1) is 19.2. The van der Waals surface area contributed by atoms with Gasteiger partial charge in [0.2, 0.25) is 5.91 Å². The van der Waals surface area contributed by atoms with E-state index in [1.807, 2.05) is 34.1 Å². The van der Waals surface area contributed by atoms with Crippen LogP contribution in [0.2, 0.25) is 0 Å². The van der Waals surface area contributed by atoms with Crippen molar-refractivity contribution in [2.45, 2.75) is 26.7 Å². The molecule has 0 spiro atoms. The van der Waals surface area contributed by atoms with E-state index in [1.165, 1.54) is 0 Å². The third-order valence-corrected chi connectivity index (χ3v) is 4.21. The number of nitrogens with one attached hydrogen (secondary N) is 1. The number of benzene rings is 1. The van der Waals surface area contributed by atoms with Gasteiger partial charge >= 0.3 is 0 Å². The first-order chi connectivity index (χ1) is 12.2. The summed E-state index contributed by atoms with van der Waals surface area (Å²) in [5, 5.41) is 3.13. The van der Waals surface area contributed by atoms with E-state index in [4.69, 9.17) is 4.74 Å². The topological polar surface area (TPSA) is 61.9 Å². The molecular formula is C19H29N3O3. The van der Waals surface area contributed by atoms with Gasteiger partial charge < -0.3 is 19.9 Å². The summed E-state index contributed by atoms with van der Waals surface area (Å²) < 4.78 is 5.25. The van der Waals surface area contributed by atoms with Crippen LogP contribution in [0.3, 0.4) is 0 Å². The quantitative estimate of drug-likeness (QED) is 0.783. The lowest BCUT2D eigenvalue weighted by Gasteiger charge is -2.27. The molecule has 1 heterocycles. The van der Waals surface area contributed by atoms with E-state index < -0.39 is 0 Å². The minimum atomic E-state index is 0.0691. The fourth-order valence-electron chi connectivity index (χ4n) is 2.87. The zero-order valence-electron chi connectivity index (χ0n) is 15.3. The molecule has 1 aliphatic rings. The van der Waals surface area contributed by atoms with Crippen LogP contribution < -0.4 is 5.32 Å². The van der Waals surface area contributed by atoms with Crippen molar-refractivity contribution in [1.29, 1.82) is 0 Å². The molecule has 2 rings (SSSR count). The number of amides is 2. The lowest BCUT2D eigenvalue weighted by molar-refractivity contribution is -0.133. The second-order valence-electron chi connectivity index (χ2n) is 6.22. The lowest BCUT2D eigenvalue weighted by Crippen LogP contribution is -2.43. The van der Waals surface area contributed by atoms with Gasteiger partial charge in [0, 0.05) is 37.4 Å². The average Bonchev–Trinajstić information content (AvgIpc) is 2.66. The van der Waals surface area contributed by atoms with Gasteiger partial charge in [-0.1, -0.05) is 13.8 Å². The molecule has 1 fully saturated rings. The summed E-state index contributed by atoms with van der Waals surface area (Å²) in [4.78, 5) is 28.4. The van der Waals surface area contributed by atoms with E-state index in [9.17, 15) is 9.59 Å². The molecule has 6 heteroatoms. The van der Waals surface area contributed by atoms with Crippen LogP contribution in [0.15, 0.2) is 24.3 Å². The number of hydrogen-bond donors (Lipinski definition) is 1. The SMILES string of the molecule is CCCN(CCC)C(=O)c1ccc(NCC(=O)N2CCOCC2)cc1. The summed E-state index contributed by atoms with van der Waals surface area (Å²) in [7, 11) is 0. The molecule has 0 saturated carbocycles. The van der Waals surface area contributed by atoms with Gasteiger partial charge in [-0.05, 0) is 37.1 Å². The van der Waals surface area contributed by atoms with Crippen molar-refractivity contribution >= 4 is 17.5 Å². The Morgan fingerprint density at radius 3 is 2.24 bits per heavy atom. The summed E-state index contributed by atoms with van der Waals surface area (Å²) in [5.74, 6) is 0.139. The van der Waals surface area contributed by atoms with Crippen molar-refractivity contribution in [2.75, 3.05) is 51.3 Å². The Morgan fingerprint density at radius 1 is 1.08 bits per heavy atom.